The van der Waals surface area contributed by atoms with E-state index >= 15 is 0 Å². The van der Waals surface area contributed by atoms with E-state index in [2.05, 4.69) is 9.72 Å². The highest BCUT2D eigenvalue weighted by molar-refractivity contribution is 5.84. The molecule has 0 radical (unpaired) electrons. The number of benzene rings is 1. The Kier molecular flexibility index (Phi) is 3.41. The standard InChI is InChI=1S/C12H14N2O3/c1-17-12(15)11(14-16)6-8-7-13-10-5-3-2-4-9(8)10/h2-5,7,11,13-14,16H,6H2,1H3/t11-/m0/s1. The summed E-state index contributed by atoms with van der Waals surface area (Å²) in [6, 6.07) is 7.04. The van der Waals surface area contributed by atoms with Crippen LogP contribution >= 0.6 is 0 Å². The number of hydroxylamine groups is 1. The summed E-state index contributed by atoms with van der Waals surface area (Å²) in [5.41, 5.74) is 3.93. The van der Waals surface area contributed by atoms with Crippen molar-refractivity contribution in [1.29, 1.82) is 0 Å². The van der Waals surface area contributed by atoms with Crippen LogP contribution in [-0.2, 0) is 16.0 Å². The van der Waals surface area contributed by atoms with Gasteiger partial charge in [-0.3, -0.25) is 4.79 Å². The monoisotopic (exact) mass is 234 g/mol. The van der Waals surface area contributed by atoms with Crippen LogP contribution in [-0.4, -0.2) is 29.3 Å². The van der Waals surface area contributed by atoms with Gasteiger partial charge in [0, 0.05) is 23.5 Å². The number of ether oxygens (including phenoxy) is 1. The largest absolute Gasteiger partial charge is 0.468 e. The predicted octanol–water partition coefficient (Wildman–Crippen LogP) is 1.23. The van der Waals surface area contributed by atoms with Crippen molar-refractivity contribution in [2.45, 2.75) is 12.5 Å². The molecular weight excluding hydrogens is 220 g/mol. The summed E-state index contributed by atoms with van der Waals surface area (Å²) in [5, 5.41) is 9.98. The van der Waals surface area contributed by atoms with Crippen LogP contribution in [0.1, 0.15) is 5.56 Å². The molecular formula is C12H14N2O3. The molecule has 5 nitrogen and oxygen atoms in total. The van der Waals surface area contributed by atoms with Crippen LogP contribution < -0.4 is 5.48 Å². The lowest BCUT2D eigenvalue weighted by Crippen LogP contribution is -2.37. The van der Waals surface area contributed by atoms with Gasteiger partial charge in [-0.25, -0.2) is 0 Å². The summed E-state index contributed by atoms with van der Waals surface area (Å²) in [5.74, 6) is -0.488. The first-order valence-corrected chi connectivity index (χ1v) is 5.28. The minimum atomic E-state index is -0.751. The number of H-pyrrole nitrogens is 1. The predicted molar refractivity (Wildman–Crippen MR) is 62.7 cm³/mol. The third-order valence-corrected chi connectivity index (χ3v) is 2.74. The Hall–Kier alpha value is -1.85. The molecule has 0 saturated heterocycles. The van der Waals surface area contributed by atoms with Crippen LogP contribution in [0.3, 0.4) is 0 Å². The van der Waals surface area contributed by atoms with Gasteiger partial charge in [-0.2, -0.15) is 5.48 Å². The van der Waals surface area contributed by atoms with E-state index in [1.165, 1.54) is 7.11 Å². The summed E-state index contributed by atoms with van der Waals surface area (Å²) in [7, 11) is 1.29. The molecule has 0 aliphatic carbocycles. The van der Waals surface area contributed by atoms with Crippen LogP contribution in [0.4, 0.5) is 0 Å². The summed E-state index contributed by atoms with van der Waals surface area (Å²) in [4.78, 5) is 14.5. The van der Waals surface area contributed by atoms with E-state index in [0.29, 0.717) is 6.42 Å². The van der Waals surface area contributed by atoms with Gasteiger partial charge in [-0.05, 0) is 11.6 Å². The maximum absolute atomic E-state index is 11.4. The van der Waals surface area contributed by atoms with Gasteiger partial charge >= 0.3 is 5.97 Å². The number of aromatic amines is 1. The molecule has 0 fully saturated rings. The number of rotatable bonds is 4. The third kappa shape index (κ3) is 2.30. The van der Waals surface area contributed by atoms with Crippen molar-refractivity contribution in [3.63, 3.8) is 0 Å². The van der Waals surface area contributed by atoms with E-state index in [1.807, 2.05) is 35.9 Å². The van der Waals surface area contributed by atoms with Gasteiger partial charge in [-0.15, -0.1) is 0 Å². The average molecular weight is 234 g/mol. The fraction of sp³-hybridized carbons (Fsp3) is 0.250. The molecule has 1 aromatic carbocycles. The molecule has 2 rings (SSSR count). The molecule has 0 aliphatic heterocycles. The normalized spacial score (nSPS) is 12.6. The fourth-order valence-electron chi connectivity index (χ4n) is 1.84. The molecule has 0 amide bonds. The average Bonchev–Trinajstić information content (AvgIpc) is 2.78. The SMILES string of the molecule is COC(=O)[C@H](Cc1c[nH]c2ccccc12)NO. The minimum absolute atomic E-state index is 0.368. The first-order valence-electron chi connectivity index (χ1n) is 5.28. The lowest BCUT2D eigenvalue weighted by atomic mass is 10.1. The van der Waals surface area contributed by atoms with Crippen molar-refractivity contribution in [1.82, 2.24) is 10.5 Å². The maximum Gasteiger partial charge on any atom is 0.325 e. The first kappa shape index (κ1) is 11.6. The highest BCUT2D eigenvalue weighted by Gasteiger charge is 2.19. The summed E-state index contributed by atoms with van der Waals surface area (Å²) in [6.45, 7) is 0. The van der Waals surface area contributed by atoms with Crippen LogP contribution in [0.25, 0.3) is 10.9 Å². The molecule has 0 saturated carbocycles. The highest BCUT2D eigenvalue weighted by Crippen LogP contribution is 2.19. The van der Waals surface area contributed by atoms with Crippen LogP contribution in [0.5, 0.6) is 0 Å². The molecule has 1 heterocycles. The number of esters is 1. The topological polar surface area (TPSA) is 74.4 Å². The lowest BCUT2D eigenvalue weighted by Gasteiger charge is -2.11. The zero-order valence-electron chi connectivity index (χ0n) is 9.43. The van der Waals surface area contributed by atoms with Crippen molar-refractivity contribution >= 4 is 16.9 Å². The number of para-hydroxylation sites is 1. The lowest BCUT2D eigenvalue weighted by molar-refractivity contribution is -0.145. The Bertz CT molecular complexity index is 521. The number of carbonyl (C=O) groups excluding carboxylic acids is 1. The second-order valence-electron chi connectivity index (χ2n) is 3.77. The van der Waals surface area contributed by atoms with E-state index < -0.39 is 12.0 Å². The van der Waals surface area contributed by atoms with E-state index in [1.54, 1.807) is 0 Å². The van der Waals surface area contributed by atoms with E-state index in [4.69, 9.17) is 5.21 Å². The fourth-order valence-corrected chi connectivity index (χ4v) is 1.84. The van der Waals surface area contributed by atoms with Gasteiger partial charge in [0.05, 0.1) is 7.11 Å². The number of hydrogen-bond donors (Lipinski definition) is 3. The zero-order chi connectivity index (χ0) is 12.3. The Morgan fingerprint density at radius 1 is 1.53 bits per heavy atom. The van der Waals surface area contributed by atoms with E-state index in [-0.39, 0.29) is 0 Å². The van der Waals surface area contributed by atoms with Crippen molar-refractivity contribution < 1.29 is 14.7 Å². The van der Waals surface area contributed by atoms with Crippen molar-refractivity contribution in [2.75, 3.05) is 7.11 Å². The smallest absolute Gasteiger partial charge is 0.325 e. The number of hydrogen-bond acceptors (Lipinski definition) is 4. The van der Waals surface area contributed by atoms with Crippen LogP contribution in [0, 0.1) is 0 Å². The van der Waals surface area contributed by atoms with Crippen molar-refractivity contribution in [3.05, 3.63) is 36.0 Å². The summed E-state index contributed by atoms with van der Waals surface area (Å²) >= 11 is 0. The number of methoxy groups -OCH3 is 1. The van der Waals surface area contributed by atoms with Crippen molar-refractivity contribution in [2.24, 2.45) is 0 Å². The molecule has 3 N–H and O–H groups in total. The van der Waals surface area contributed by atoms with Crippen molar-refractivity contribution in [3.8, 4) is 0 Å². The van der Waals surface area contributed by atoms with Crippen LogP contribution in [0.15, 0.2) is 30.5 Å². The quantitative estimate of drug-likeness (QED) is 0.549. The van der Waals surface area contributed by atoms with Gasteiger partial charge in [-0.1, -0.05) is 18.2 Å². The molecule has 1 atom stereocenters. The number of aromatic nitrogens is 1. The second kappa shape index (κ2) is 4.99. The van der Waals surface area contributed by atoms with Gasteiger partial charge in [0.1, 0.15) is 6.04 Å². The molecule has 0 spiro atoms. The Labute approximate surface area is 98.4 Å². The first-order chi connectivity index (χ1) is 8.26. The van der Waals surface area contributed by atoms with Gasteiger partial charge in [0.25, 0.3) is 0 Å². The molecule has 0 aliphatic rings. The Morgan fingerprint density at radius 2 is 2.29 bits per heavy atom. The zero-order valence-corrected chi connectivity index (χ0v) is 9.43. The van der Waals surface area contributed by atoms with Crippen LogP contribution in [0.2, 0.25) is 0 Å². The summed E-state index contributed by atoms with van der Waals surface area (Å²) in [6.07, 6.45) is 2.20. The molecule has 17 heavy (non-hydrogen) atoms. The highest BCUT2D eigenvalue weighted by atomic mass is 16.5. The summed E-state index contributed by atoms with van der Waals surface area (Å²) < 4.78 is 4.59. The molecule has 0 unspecified atom stereocenters. The number of carbonyl (C=O) groups is 1. The van der Waals surface area contributed by atoms with Gasteiger partial charge in [0.15, 0.2) is 0 Å². The third-order valence-electron chi connectivity index (χ3n) is 2.74. The molecule has 1 aromatic heterocycles. The Morgan fingerprint density at radius 3 is 3.00 bits per heavy atom. The molecule has 90 valence electrons. The molecule has 5 heteroatoms. The molecule has 0 bridgehead atoms. The minimum Gasteiger partial charge on any atom is -0.468 e. The van der Waals surface area contributed by atoms with Gasteiger partial charge < -0.3 is 14.9 Å². The molecule has 2 aromatic rings. The second-order valence-corrected chi connectivity index (χ2v) is 3.77. The number of nitrogens with one attached hydrogen (secondary N) is 2. The van der Waals surface area contributed by atoms with E-state index in [9.17, 15) is 4.79 Å². The number of fused-ring (bicyclic) bond motifs is 1. The Balaban J connectivity index is 2.25. The van der Waals surface area contributed by atoms with Gasteiger partial charge in [0.2, 0.25) is 0 Å². The maximum atomic E-state index is 11.4. The van der Waals surface area contributed by atoms with E-state index in [0.717, 1.165) is 16.5 Å².